The van der Waals surface area contributed by atoms with E-state index in [4.69, 9.17) is 4.74 Å². The van der Waals surface area contributed by atoms with E-state index < -0.39 is 0 Å². The number of likely N-dealkylation sites (tertiary alicyclic amines) is 2. The van der Waals surface area contributed by atoms with Gasteiger partial charge in [-0.1, -0.05) is 0 Å². The highest BCUT2D eigenvalue weighted by atomic mass is 16.5. The van der Waals surface area contributed by atoms with Crippen LogP contribution in [0.1, 0.15) is 41.7 Å². The molecule has 0 aromatic carbocycles. The Kier molecular flexibility index (Phi) is 4.94. The minimum Gasteiger partial charge on any atom is -0.383 e. The fraction of sp³-hybridized carbons (Fsp3) is 0.667. The van der Waals surface area contributed by atoms with Crippen LogP contribution in [0.4, 0.5) is 0 Å². The van der Waals surface area contributed by atoms with Gasteiger partial charge < -0.3 is 19.5 Å². The third-order valence-corrected chi connectivity index (χ3v) is 5.45. The number of carbonyl (C=O) groups excluding carboxylic acids is 2. The van der Waals surface area contributed by atoms with Gasteiger partial charge in [0.05, 0.1) is 12.2 Å². The monoisotopic (exact) mass is 333 g/mol. The number of carbonyl (C=O) groups is 2. The molecule has 2 aliphatic heterocycles. The predicted octanol–water partition coefficient (Wildman–Crippen LogP) is 1.81. The van der Waals surface area contributed by atoms with Gasteiger partial charge in [0.1, 0.15) is 0 Å². The molecule has 0 bridgehead atoms. The normalized spacial score (nSPS) is 24.7. The van der Waals surface area contributed by atoms with E-state index in [9.17, 15) is 9.59 Å². The van der Waals surface area contributed by atoms with E-state index in [-0.39, 0.29) is 17.2 Å². The van der Waals surface area contributed by atoms with Crippen molar-refractivity contribution >= 4 is 11.8 Å². The summed E-state index contributed by atoms with van der Waals surface area (Å²) in [5, 5.41) is 0. The number of ether oxygens (including phenoxy) is 1. The number of aromatic nitrogens is 1. The van der Waals surface area contributed by atoms with Crippen molar-refractivity contribution in [2.75, 3.05) is 39.9 Å². The number of nitrogens with zero attached hydrogens (tertiary/aromatic N) is 2. The summed E-state index contributed by atoms with van der Waals surface area (Å²) in [6.45, 7) is 5.42. The first-order valence-electron chi connectivity index (χ1n) is 8.75. The maximum absolute atomic E-state index is 12.8. The molecule has 2 saturated heterocycles. The number of methoxy groups -OCH3 is 1. The van der Waals surface area contributed by atoms with Gasteiger partial charge in [0.25, 0.3) is 5.91 Å². The molecule has 2 aliphatic rings. The highest BCUT2D eigenvalue weighted by molar-refractivity contribution is 5.95. The van der Waals surface area contributed by atoms with Crippen molar-refractivity contribution < 1.29 is 14.3 Å². The zero-order valence-electron chi connectivity index (χ0n) is 14.6. The second-order valence-corrected chi connectivity index (χ2v) is 7.15. The molecule has 132 valence electrons. The van der Waals surface area contributed by atoms with Crippen LogP contribution in [0.15, 0.2) is 12.3 Å². The SMILES string of the molecule is COCCN1C[C@]2(CCCN(C(=O)c3cc[nH]c3C)C2)CCC1=O. The van der Waals surface area contributed by atoms with E-state index in [1.54, 1.807) is 7.11 Å². The van der Waals surface area contributed by atoms with Crippen molar-refractivity contribution in [3.8, 4) is 0 Å². The van der Waals surface area contributed by atoms with Crippen LogP contribution in [0.5, 0.6) is 0 Å². The standard InChI is InChI=1S/C18H27N3O3/c1-14-15(5-8-19-14)17(23)21-9-3-6-18(13-21)7-4-16(22)20(12-18)10-11-24-2/h5,8,19H,3-4,6-7,9-13H2,1-2H3/t18-/m0/s1. The van der Waals surface area contributed by atoms with Gasteiger partial charge in [-0.05, 0) is 32.3 Å². The number of aryl methyl sites for hydroxylation is 1. The zero-order valence-corrected chi connectivity index (χ0v) is 14.6. The average Bonchev–Trinajstić information content (AvgIpc) is 3.01. The van der Waals surface area contributed by atoms with E-state index in [2.05, 4.69) is 4.98 Å². The van der Waals surface area contributed by atoms with Gasteiger partial charge in [-0.25, -0.2) is 0 Å². The van der Waals surface area contributed by atoms with Crippen LogP contribution < -0.4 is 0 Å². The van der Waals surface area contributed by atoms with Gasteiger partial charge in [0.2, 0.25) is 5.91 Å². The van der Waals surface area contributed by atoms with Gasteiger partial charge in [-0.3, -0.25) is 9.59 Å². The second-order valence-electron chi connectivity index (χ2n) is 7.15. The van der Waals surface area contributed by atoms with Gasteiger partial charge in [-0.2, -0.15) is 0 Å². The Morgan fingerprint density at radius 3 is 2.92 bits per heavy atom. The van der Waals surface area contributed by atoms with E-state index in [0.717, 1.165) is 50.2 Å². The van der Waals surface area contributed by atoms with Crippen molar-refractivity contribution in [3.63, 3.8) is 0 Å². The van der Waals surface area contributed by atoms with Crippen LogP contribution in [0.25, 0.3) is 0 Å². The highest BCUT2D eigenvalue weighted by Crippen LogP contribution is 2.39. The minimum atomic E-state index is 0.0414. The van der Waals surface area contributed by atoms with Gasteiger partial charge >= 0.3 is 0 Å². The lowest BCUT2D eigenvalue weighted by Crippen LogP contribution is -2.55. The lowest BCUT2D eigenvalue weighted by atomic mass is 9.73. The Morgan fingerprint density at radius 2 is 2.21 bits per heavy atom. The van der Waals surface area contributed by atoms with Crippen LogP contribution in [0.3, 0.4) is 0 Å². The topological polar surface area (TPSA) is 65.6 Å². The van der Waals surface area contributed by atoms with E-state index in [0.29, 0.717) is 19.6 Å². The summed E-state index contributed by atoms with van der Waals surface area (Å²) in [4.78, 5) is 32.0. The molecule has 2 amide bonds. The molecule has 0 aliphatic carbocycles. The predicted molar refractivity (Wildman–Crippen MR) is 90.8 cm³/mol. The molecule has 24 heavy (non-hydrogen) atoms. The Bertz CT molecular complexity index is 612. The molecule has 6 heteroatoms. The van der Waals surface area contributed by atoms with Crippen molar-refractivity contribution in [2.45, 2.75) is 32.6 Å². The Morgan fingerprint density at radius 1 is 1.38 bits per heavy atom. The summed E-state index contributed by atoms with van der Waals surface area (Å²) in [5.41, 5.74) is 1.72. The minimum absolute atomic E-state index is 0.0414. The van der Waals surface area contributed by atoms with E-state index in [1.807, 2.05) is 29.0 Å². The summed E-state index contributed by atoms with van der Waals surface area (Å²) in [6.07, 6.45) is 5.36. The lowest BCUT2D eigenvalue weighted by molar-refractivity contribution is -0.139. The summed E-state index contributed by atoms with van der Waals surface area (Å²) in [6, 6.07) is 1.86. The van der Waals surface area contributed by atoms with Crippen LogP contribution >= 0.6 is 0 Å². The van der Waals surface area contributed by atoms with Crippen molar-refractivity contribution in [1.29, 1.82) is 0 Å². The molecule has 1 aromatic heterocycles. The van der Waals surface area contributed by atoms with Gasteiger partial charge in [0.15, 0.2) is 0 Å². The van der Waals surface area contributed by atoms with Crippen molar-refractivity contribution in [3.05, 3.63) is 23.5 Å². The number of amides is 2. The molecule has 1 aromatic rings. The maximum atomic E-state index is 12.8. The number of hydrogen-bond acceptors (Lipinski definition) is 3. The Labute approximate surface area is 143 Å². The average molecular weight is 333 g/mol. The third kappa shape index (κ3) is 3.34. The Balaban J connectivity index is 1.71. The molecular weight excluding hydrogens is 306 g/mol. The number of nitrogens with one attached hydrogen (secondary N) is 1. The lowest BCUT2D eigenvalue weighted by Gasteiger charge is -2.48. The quantitative estimate of drug-likeness (QED) is 0.914. The number of rotatable bonds is 4. The highest BCUT2D eigenvalue weighted by Gasteiger charge is 2.42. The molecule has 0 radical (unpaired) electrons. The summed E-state index contributed by atoms with van der Waals surface area (Å²) < 4.78 is 5.13. The second kappa shape index (κ2) is 6.97. The molecule has 1 N–H and O–H groups in total. The molecule has 3 rings (SSSR count). The fourth-order valence-corrected chi connectivity index (χ4v) is 4.08. The van der Waals surface area contributed by atoms with E-state index >= 15 is 0 Å². The van der Waals surface area contributed by atoms with Crippen LogP contribution in [0.2, 0.25) is 0 Å². The summed E-state index contributed by atoms with van der Waals surface area (Å²) >= 11 is 0. The van der Waals surface area contributed by atoms with Crippen LogP contribution in [-0.4, -0.2) is 66.5 Å². The molecule has 1 spiro atoms. The maximum Gasteiger partial charge on any atom is 0.255 e. The molecular formula is C18H27N3O3. The summed E-state index contributed by atoms with van der Waals surface area (Å²) in [7, 11) is 1.66. The van der Waals surface area contributed by atoms with Crippen molar-refractivity contribution in [1.82, 2.24) is 14.8 Å². The molecule has 6 nitrogen and oxygen atoms in total. The molecule has 1 atom stereocenters. The number of piperidine rings is 2. The Hall–Kier alpha value is -1.82. The molecule has 0 unspecified atom stereocenters. The number of H-pyrrole nitrogens is 1. The molecule has 0 saturated carbocycles. The summed E-state index contributed by atoms with van der Waals surface area (Å²) in [5.74, 6) is 0.316. The van der Waals surface area contributed by atoms with Gasteiger partial charge in [0, 0.05) is 57.0 Å². The fourth-order valence-electron chi connectivity index (χ4n) is 4.08. The molecule has 3 heterocycles. The smallest absolute Gasteiger partial charge is 0.255 e. The number of aromatic amines is 1. The van der Waals surface area contributed by atoms with E-state index in [1.165, 1.54) is 0 Å². The third-order valence-electron chi connectivity index (χ3n) is 5.45. The van der Waals surface area contributed by atoms with Crippen molar-refractivity contribution in [2.24, 2.45) is 5.41 Å². The molecule has 2 fully saturated rings. The van der Waals surface area contributed by atoms with Gasteiger partial charge in [-0.15, -0.1) is 0 Å². The first-order valence-corrected chi connectivity index (χ1v) is 8.75. The largest absolute Gasteiger partial charge is 0.383 e. The zero-order chi connectivity index (χ0) is 17.2. The van der Waals surface area contributed by atoms with Crippen LogP contribution in [0, 0.1) is 12.3 Å². The first kappa shape index (κ1) is 17.0. The van der Waals surface area contributed by atoms with Crippen LogP contribution in [-0.2, 0) is 9.53 Å². The first-order chi connectivity index (χ1) is 11.5. The number of hydrogen-bond donors (Lipinski definition) is 1.